The van der Waals surface area contributed by atoms with E-state index in [9.17, 15) is 0 Å². The van der Waals surface area contributed by atoms with Crippen LogP contribution < -0.4 is 0 Å². The molecular formula is C30H24N2. The summed E-state index contributed by atoms with van der Waals surface area (Å²) in [6, 6.07) is 26.0. The van der Waals surface area contributed by atoms with E-state index in [0.29, 0.717) is 0 Å². The third kappa shape index (κ3) is 4.50. The molecule has 0 aliphatic carbocycles. The highest BCUT2D eigenvalue weighted by Gasteiger charge is 1.98. The number of nitrogens with zero attached hydrogens (tertiary/aromatic N) is 2. The summed E-state index contributed by atoms with van der Waals surface area (Å²) in [5.41, 5.74) is 6.54. The Morgan fingerprint density at radius 1 is 0.469 bits per heavy atom. The van der Waals surface area contributed by atoms with E-state index >= 15 is 0 Å². The molecule has 0 aliphatic rings. The highest BCUT2D eigenvalue weighted by Crippen LogP contribution is 2.20. The van der Waals surface area contributed by atoms with Crippen molar-refractivity contribution in [2.24, 2.45) is 0 Å². The van der Waals surface area contributed by atoms with Crippen LogP contribution in [0.1, 0.15) is 33.6 Å². The average molecular weight is 413 g/mol. The van der Waals surface area contributed by atoms with Crippen LogP contribution in [0.15, 0.2) is 85.2 Å². The third-order valence-electron chi connectivity index (χ3n) is 5.62. The summed E-state index contributed by atoms with van der Waals surface area (Å²) in [6.07, 6.45) is 11.8. The fourth-order valence-electron chi connectivity index (χ4n) is 3.86. The summed E-state index contributed by atoms with van der Waals surface area (Å²) >= 11 is 0. The minimum absolute atomic E-state index is 0.840. The number of fused-ring (bicyclic) bond motifs is 2. The maximum atomic E-state index is 4.54. The van der Waals surface area contributed by atoms with Gasteiger partial charge in [-0.2, -0.15) is 0 Å². The lowest BCUT2D eigenvalue weighted by atomic mass is 10.0. The van der Waals surface area contributed by atoms with E-state index in [0.717, 1.165) is 22.5 Å². The Morgan fingerprint density at radius 3 is 1.31 bits per heavy atom. The number of hydrogen-bond donors (Lipinski definition) is 0. The Kier molecular flexibility index (Phi) is 5.35. The van der Waals surface area contributed by atoms with Gasteiger partial charge in [0.05, 0.1) is 23.8 Å². The van der Waals surface area contributed by atoms with Gasteiger partial charge in [-0.15, -0.1) is 0 Å². The molecule has 1 aromatic heterocycles. The van der Waals surface area contributed by atoms with Crippen molar-refractivity contribution in [3.63, 3.8) is 0 Å². The molecule has 4 aromatic carbocycles. The topological polar surface area (TPSA) is 25.8 Å². The van der Waals surface area contributed by atoms with Gasteiger partial charge in [-0.3, -0.25) is 9.97 Å². The van der Waals surface area contributed by atoms with Crippen molar-refractivity contribution in [2.45, 2.75) is 13.8 Å². The lowest BCUT2D eigenvalue weighted by molar-refractivity contribution is 1.16. The summed E-state index contributed by atoms with van der Waals surface area (Å²) in [7, 11) is 0. The maximum absolute atomic E-state index is 4.54. The zero-order valence-electron chi connectivity index (χ0n) is 18.3. The molecule has 1 heterocycles. The second-order valence-corrected chi connectivity index (χ2v) is 8.25. The molecular weight excluding hydrogens is 388 g/mol. The first kappa shape index (κ1) is 19.9. The molecule has 2 nitrogen and oxygen atoms in total. The highest BCUT2D eigenvalue weighted by atomic mass is 14.8. The number of aromatic nitrogens is 2. The molecule has 0 amide bonds. The molecule has 5 aromatic rings. The summed E-state index contributed by atoms with van der Waals surface area (Å²) in [5.74, 6) is 0. The molecule has 0 N–H and O–H groups in total. The Morgan fingerprint density at radius 2 is 0.875 bits per heavy atom. The molecule has 0 bridgehead atoms. The molecule has 0 saturated heterocycles. The largest absolute Gasteiger partial charge is 0.253 e. The lowest BCUT2D eigenvalue weighted by Crippen LogP contribution is -1.86. The van der Waals surface area contributed by atoms with Crippen LogP contribution in [0.4, 0.5) is 0 Å². The van der Waals surface area contributed by atoms with Crippen molar-refractivity contribution in [3.8, 4) is 0 Å². The molecule has 0 radical (unpaired) electrons. The first-order valence-corrected chi connectivity index (χ1v) is 10.8. The van der Waals surface area contributed by atoms with E-state index in [1.807, 2.05) is 24.5 Å². The molecule has 0 spiro atoms. The predicted molar refractivity (Wildman–Crippen MR) is 137 cm³/mol. The summed E-state index contributed by atoms with van der Waals surface area (Å²) < 4.78 is 0. The molecule has 5 rings (SSSR count). The van der Waals surface area contributed by atoms with Gasteiger partial charge in [-0.05, 0) is 70.8 Å². The first-order valence-electron chi connectivity index (χ1n) is 10.8. The summed E-state index contributed by atoms with van der Waals surface area (Å²) in [5, 5.41) is 5.01. The fourth-order valence-corrected chi connectivity index (χ4v) is 3.86. The second-order valence-electron chi connectivity index (χ2n) is 8.25. The van der Waals surface area contributed by atoms with Crippen LogP contribution in [0.3, 0.4) is 0 Å². The van der Waals surface area contributed by atoms with Gasteiger partial charge < -0.3 is 0 Å². The van der Waals surface area contributed by atoms with Crippen LogP contribution in [0.25, 0.3) is 45.8 Å². The van der Waals surface area contributed by atoms with Gasteiger partial charge in [0.1, 0.15) is 0 Å². The zero-order chi connectivity index (χ0) is 21.9. The Labute approximate surface area is 188 Å². The number of benzene rings is 4. The second kappa shape index (κ2) is 8.60. The highest BCUT2D eigenvalue weighted by molar-refractivity contribution is 5.87. The van der Waals surface area contributed by atoms with Crippen LogP contribution >= 0.6 is 0 Å². The minimum atomic E-state index is 0.840. The molecule has 0 aliphatic heterocycles. The van der Waals surface area contributed by atoms with E-state index < -0.39 is 0 Å². The Hall–Kier alpha value is -4.04. The van der Waals surface area contributed by atoms with Gasteiger partial charge in [0, 0.05) is 0 Å². The molecule has 0 saturated carbocycles. The van der Waals surface area contributed by atoms with Gasteiger partial charge in [0.25, 0.3) is 0 Å². The lowest BCUT2D eigenvalue weighted by Gasteiger charge is -2.02. The number of rotatable bonds is 4. The average Bonchev–Trinajstić information content (AvgIpc) is 2.82. The van der Waals surface area contributed by atoms with E-state index in [4.69, 9.17) is 0 Å². The van der Waals surface area contributed by atoms with Gasteiger partial charge >= 0.3 is 0 Å². The molecule has 0 atom stereocenters. The Bertz CT molecular complexity index is 1360. The van der Waals surface area contributed by atoms with Crippen LogP contribution in [0.5, 0.6) is 0 Å². The number of aryl methyl sites for hydroxylation is 2. The van der Waals surface area contributed by atoms with Gasteiger partial charge in [-0.1, -0.05) is 83.9 Å². The van der Waals surface area contributed by atoms with Gasteiger partial charge in [-0.25, -0.2) is 0 Å². The smallest absolute Gasteiger partial charge is 0.0813 e. The van der Waals surface area contributed by atoms with Crippen molar-refractivity contribution < 1.29 is 0 Å². The minimum Gasteiger partial charge on any atom is -0.253 e. The molecule has 0 unspecified atom stereocenters. The van der Waals surface area contributed by atoms with Crippen LogP contribution in [0, 0.1) is 13.8 Å². The third-order valence-corrected chi connectivity index (χ3v) is 5.62. The Balaban J connectivity index is 1.29. The number of hydrogen-bond acceptors (Lipinski definition) is 2. The van der Waals surface area contributed by atoms with E-state index in [1.54, 1.807) is 0 Å². The van der Waals surface area contributed by atoms with Crippen molar-refractivity contribution in [3.05, 3.63) is 119 Å². The van der Waals surface area contributed by atoms with E-state index in [-0.39, 0.29) is 0 Å². The molecule has 154 valence electrons. The summed E-state index contributed by atoms with van der Waals surface area (Å²) in [6.45, 7) is 4.24. The van der Waals surface area contributed by atoms with Crippen molar-refractivity contribution in [1.29, 1.82) is 0 Å². The maximum Gasteiger partial charge on any atom is 0.0813 e. The monoisotopic (exact) mass is 412 g/mol. The normalized spacial score (nSPS) is 11.8. The SMILES string of the molecule is Cc1ccc2cc(C=Cc3cnc(C=Cc4ccc5cc(C)ccc5c4)cn3)ccc2c1. The van der Waals surface area contributed by atoms with Crippen LogP contribution in [-0.4, -0.2) is 9.97 Å². The molecule has 2 heteroatoms. The fraction of sp³-hybridized carbons (Fsp3) is 0.0667. The first-order chi connectivity index (χ1) is 15.6. The van der Waals surface area contributed by atoms with Crippen molar-refractivity contribution >= 4 is 45.8 Å². The van der Waals surface area contributed by atoms with Crippen molar-refractivity contribution in [2.75, 3.05) is 0 Å². The van der Waals surface area contributed by atoms with Crippen LogP contribution in [-0.2, 0) is 0 Å². The van der Waals surface area contributed by atoms with Gasteiger partial charge in [0.15, 0.2) is 0 Å². The standard InChI is InChI=1S/C30H24N2/c1-21-3-9-27-17-23(5-11-25(27)15-21)7-13-29-19-32-30(20-31-29)14-8-24-6-12-26-16-22(2)4-10-28(26)18-24/h3-20H,1-2H3. The van der Waals surface area contributed by atoms with Crippen LogP contribution in [0.2, 0.25) is 0 Å². The quantitative estimate of drug-likeness (QED) is 0.302. The zero-order valence-corrected chi connectivity index (χ0v) is 18.3. The molecule has 0 fully saturated rings. The van der Waals surface area contributed by atoms with E-state index in [2.05, 4.69) is 109 Å². The summed E-state index contributed by atoms with van der Waals surface area (Å²) in [4.78, 5) is 9.08. The van der Waals surface area contributed by atoms with E-state index in [1.165, 1.54) is 32.7 Å². The predicted octanol–water partition coefficient (Wildman–Crippen LogP) is 7.74. The van der Waals surface area contributed by atoms with Crippen molar-refractivity contribution in [1.82, 2.24) is 9.97 Å². The molecule has 32 heavy (non-hydrogen) atoms. The van der Waals surface area contributed by atoms with Gasteiger partial charge in [0.2, 0.25) is 0 Å².